The third-order valence-electron chi connectivity index (χ3n) is 5.66. The van der Waals surface area contributed by atoms with E-state index in [4.69, 9.17) is 9.47 Å². The maximum atomic E-state index is 12.7. The molecule has 4 N–H and O–H groups in total. The number of carbonyl (C=O) groups is 2. The number of ketones is 1. The van der Waals surface area contributed by atoms with E-state index in [0.29, 0.717) is 29.0 Å². The maximum Gasteiger partial charge on any atom is 0.344 e. The topological polar surface area (TPSA) is 110 Å². The first-order valence-electron chi connectivity index (χ1n) is 11.7. The summed E-state index contributed by atoms with van der Waals surface area (Å²) in [5, 5.41) is 23.9. The minimum atomic E-state index is -0.919. The van der Waals surface area contributed by atoms with Crippen LogP contribution in [0.25, 0.3) is 0 Å². The summed E-state index contributed by atoms with van der Waals surface area (Å²) in [6, 6.07) is 24.4. The molecule has 0 aliphatic carbocycles. The van der Waals surface area contributed by atoms with Crippen LogP contribution in [0.3, 0.4) is 0 Å². The number of benzene rings is 3. The van der Waals surface area contributed by atoms with Crippen LogP contribution in [0, 0.1) is 0 Å². The SMILES string of the molecule is CCOC(=O)COc1ccc(C(=O)CC[NH2+]C(C(O)c2ccccc2)C(O)c2ccccc2)cc1.[Cl-]. The van der Waals surface area contributed by atoms with Crippen molar-refractivity contribution in [3.63, 3.8) is 0 Å². The van der Waals surface area contributed by atoms with Gasteiger partial charge in [-0.15, -0.1) is 0 Å². The summed E-state index contributed by atoms with van der Waals surface area (Å²) >= 11 is 0. The second kappa shape index (κ2) is 15.0. The molecule has 0 fully saturated rings. The molecule has 0 saturated carbocycles. The number of hydrogen-bond donors (Lipinski definition) is 3. The third-order valence-corrected chi connectivity index (χ3v) is 5.66. The van der Waals surface area contributed by atoms with E-state index in [0.717, 1.165) is 0 Å². The van der Waals surface area contributed by atoms with Crippen molar-refractivity contribution in [3.05, 3.63) is 102 Å². The predicted molar refractivity (Wildman–Crippen MR) is 131 cm³/mol. The van der Waals surface area contributed by atoms with Gasteiger partial charge in [-0.1, -0.05) is 60.7 Å². The molecule has 0 amide bonds. The average Bonchev–Trinajstić information content (AvgIpc) is 2.90. The highest BCUT2D eigenvalue weighted by atomic mass is 35.5. The summed E-state index contributed by atoms with van der Waals surface area (Å²) in [6.45, 7) is 2.21. The van der Waals surface area contributed by atoms with Crippen LogP contribution >= 0.6 is 0 Å². The van der Waals surface area contributed by atoms with Crippen molar-refractivity contribution in [2.45, 2.75) is 31.6 Å². The van der Waals surface area contributed by atoms with Crippen LogP contribution in [0.4, 0.5) is 0 Å². The summed E-state index contributed by atoms with van der Waals surface area (Å²) in [4.78, 5) is 24.1. The highest BCUT2D eigenvalue weighted by Crippen LogP contribution is 2.25. The molecule has 0 radical (unpaired) electrons. The maximum absolute atomic E-state index is 12.7. The largest absolute Gasteiger partial charge is 1.00 e. The second-order valence-corrected chi connectivity index (χ2v) is 8.10. The Balaban J connectivity index is 0.00000456. The average molecular weight is 514 g/mol. The monoisotopic (exact) mass is 513 g/mol. The number of ether oxygens (including phenoxy) is 2. The summed E-state index contributed by atoms with van der Waals surface area (Å²) in [7, 11) is 0. The van der Waals surface area contributed by atoms with E-state index in [2.05, 4.69) is 0 Å². The van der Waals surface area contributed by atoms with Gasteiger partial charge in [-0.25, -0.2) is 4.79 Å². The highest BCUT2D eigenvalue weighted by Gasteiger charge is 2.32. The van der Waals surface area contributed by atoms with E-state index < -0.39 is 24.2 Å². The molecule has 0 spiro atoms. The Bertz CT molecular complexity index is 1020. The molecule has 192 valence electrons. The van der Waals surface area contributed by atoms with Crippen molar-refractivity contribution in [1.29, 1.82) is 0 Å². The van der Waals surface area contributed by atoms with E-state index in [-0.39, 0.29) is 37.8 Å². The van der Waals surface area contributed by atoms with Crippen LogP contribution in [0.1, 0.15) is 47.0 Å². The normalized spacial score (nSPS) is 13.1. The molecule has 0 saturated heterocycles. The lowest BCUT2D eigenvalue weighted by molar-refractivity contribution is -0.705. The predicted octanol–water partition coefficient (Wildman–Crippen LogP) is -0.395. The lowest BCUT2D eigenvalue weighted by atomic mass is 9.93. The molecule has 8 heteroatoms. The van der Waals surface area contributed by atoms with Crippen LogP contribution in [0.5, 0.6) is 5.75 Å². The van der Waals surface area contributed by atoms with Crippen molar-refractivity contribution in [2.24, 2.45) is 0 Å². The van der Waals surface area contributed by atoms with E-state index in [1.54, 1.807) is 31.2 Å². The number of rotatable bonds is 13. The van der Waals surface area contributed by atoms with Gasteiger partial charge in [0.2, 0.25) is 0 Å². The molecule has 36 heavy (non-hydrogen) atoms. The molecule has 7 nitrogen and oxygen atoms in total. The van der Waals surface area contributed by atoms with Crippen LogP contribution in [-0.2, 0) is 9.53 Å². The first-order chi connectivity index (χ1) is 17.0. The van der Waals surface area contributed by atoms with Crippen LogP contribution in [0.2, 0.25) is 0 Å². The van der Waals surface area contributed by atoms with E-state index in [1.165, 1.54) is 0 Å². The molecule has 2 unspecified atom stereocenters. The summed E-state index contributed by atoms with van der Waals surface area (Å²) < 4.78 is 10.2. The molecular formula is C28H32ClNO6. The van der Waals surface area contributed by atoms with Gasteiger partial charge in [0.1, 0.15) is 24.0 Å². The number of halogens is 1. The molecule has 0 aliphatic heterocycles. The zero-order chi connectivity index (χ0) is 25.0. The van der Waals surface area contributed by atoms with Crippen LogP contribution < -0.4 is 22.5 Å². The molecule has 3 aromatic carbocycles. The van der Waals surface area contributed by atoms with Gasteiger partial charge in [-0.2, -0.15) is 0 Å². The standard InChI is InChI=1S/C28H31NO6.ClH/c1-2-34-25(31)19-35-23-15-13-20(14-16-23)24(30)17-18-29-26(27(32)21-9-5-3-6-10-21)28(33)22-11-7-4-8-12-22;/h3-16,26-29,32-33H,2,17-19H2,1H3;1H. The summed E-state index contributed by atoms with van der Waals surface area (Å²) in [5.74, 6) is -0.0494. The van der Waals surface area contributed by atoms with Gasteiger partial charge in [0, 0.05) is 5.56 Å². The zero-order valence-corrected chi connectivity index (χ0v) is 20.9. The van der Waals surface area contributed by atoms with Gasteiger partial charge in [0.15, 0.2) is 12.4 Å². The molecular weight excluding hydrogens is 482 g/mol. The quantitative estimate of drug-likeness (QED) is 0.212. The molecule has 0 heterocycles. The van der Waals surface area contributed by atoms with E-state index in [1.807, 2.05) is 66.0 Å². The van der Waals surface area contributed by atoms with Crippen LogP contribution in [-0.4, -0.2) is 47.8 Å². The summed E-state index contributed by atoms with van der Waals surface area (Å²) in [6.07, 6.45) is -1.61. The van der Waals surface area contributed by atoms with Crippen molar-refractivity contribution < 1.29 is 47.0 Å². The fourth-order valence-electron chi connectivity index (χ4n) is 3.81. The van der Waals surface area contributed by atoms with Gasteiger partial charge in [0.25, 0.3) is 0 Å². The molecule has 2 atom stereocenters. The molecule has 0 bridgehead atoms. The summed E-state index contributed by atoms with van der Waals surface area (Å²) in [5.41, 5.74) is 1.92. The van der Waals surface area contributed by atoms with Gasteiger partial charge >= 0.3 is 5.97 Å². The Morgan fingerprint density at radius 1 is 0.833 bits per heavy atom. The Labute approximate surface area is 217 Å². The number of esters is 1. The molecule has 3 aromatic rings. The van der Waals surface area contributed by atoms with Gasteiger partial charge in [-0.3, -0.25) is 4.79 Å². The Morgan fingerprint density at radius 3 is 1.86 bits per heavy atom. The minimum absolute atomic E-state index is 0. The van der Waals surface area contributed by atoms with Crippen molar-refractivity contribution in [2.75, 3.05) is 19.8 Å². The first kappa shape index (κ1) is 29.0. The molecule has 0 aliphatic rings. The fraction of sp³-hybridized carbons (Fsp3) is 0.286. The highest BCUT2D eigenvalue weighted by molar-refractivity contribution is 5.96. The molecule has 3 rings (SSSR count). The second-order valence-electron chi connectivity index (χ2n) is 8.10. The fourth-order valence-corrected chi connectivity index (χ4v) is 3.81. The van der Waals surface area contributed by atoms with Crippen molar-refractivity contribution in [3.8, 4) is 5.75 Å². The van der Waals surface area contributed by atoms with Gasteiger partial charge < -0.3 is 37.4 Å². The van der Waals surface area contributed by atoms with Crippen LogP contribution in [0.15, 0.2) is 84.9 Å². The smallest absolute Gasteiger partial charge is 0.344 e. The van der Waals surface area contributed by atoms with Gasteiger partial charge in [-0.05, 0) is 42.3 Å². The number of quaternary nitrogens is 1. The Morgan fingerprint density at radius 2 is 1.36 bits per heavy atom. The minimum Gasteiger partial charge on any atom is -1.00 e. The number of aliphatic hydroxyl groups is 2. The van der Waals surface area contributed by atoms with E-state index >= 15 is 0 Å². The lowest BCUT2D eigenvalue weighted by Crippen LogP contribution is -3.00. The number of aliphatic hydroxyl groups excluding tert-OH is 2. The van der Waals surface area contributed by atoms with Gasteiger partial charge in [0.05, 0.1) is 19.6 Å². The number of carbonyl (C=O) groups excluding carboxylic acids is 2. The number of nitrogens with two attached hydrogens (primary N) is 1. The Hall–Kier alpha value is -3.23. The number of hydrogen-bond acceptors (Lipinski definition) is 6. The van der Waals surface area contributed by atoms with E-state index in [9.17, 15) is 19.8 Å². The number of Topliss-reactive ketones (excluding diaryl/α,β-unsaturated/α-hetero) is 1. The molecule has 0 aromatic heterocycles. The third kappa shape index (κ3) is 8.46. The lowest BCUT2D eigenvalue weighted by Gasteiger charge is -2.26. The Kier molecular flexibility index (Phi) is 12.1. The van der Waals surface area contributed by atoms with Crippen molar-refractivity contribution >= 4 is 11.8 Å². The zero-order valence-electron chi connectivity index (χ0n) is 20.1. The van der Waals surface area contributed by atoms with Crippen molar-refractivity contribution in [1.82, 2.24) is 0 Å². The first-order valence-corrected chi connectivity index (χ1v) is 11.7.